The Labute approximate surface area is 128 Å². The molecule has 0 amide bonds. The van der Waals surface area contributed by atoms with Gasteiger partial charge < -0.3 is 9.84 Å². The third kappa shape index (κ3) is 3.19. The number of halogens is 1. The molecule has 5 nitrogen and oxygen atoms in total. The highest BCUT2D eigenvalue weighted by atomic mass is 35.5. The number of aromatic carboxylic acids is 1. The second kappa shape index (κ2) is 5.41. The number of hydrogen-bond donors (Lipinski definition) is 1. The van der Waals surface area contributed by atoms with E-state index in [0.717, 1.165) is 0 Å². The van der Waals surface area contributed by atoms with E-state index in [9.17, 15) is 9.90 Å². The van der Waals surface area contributed by atoms with Crippen molar-refractivity contribution in [2.45, 2.75) is 26.2 Å². The molecule has 1 N–H and O–H groups in total. The van der Waals surface area contributed by atoms with Gasteiger partial charge in [-0.15, -0.1) is 0 Å². The van der Waals surface area contributed by atoms with Crippen molar-refractivity contribution in [3.63, 3.8) is 0 Å². The predicted octanol–water partition coefficient (Wildman–Crippen LogP) is 3.86. The lowest BCUT2D eigenvalue weighted by molar-refractivity contribution is 0.0691. The van der Waals surface area contributed by atoms with Gasteiger partial charge in [-0.3, -0.25) is 0 Å². The molecule has 0 aliphatic rings. The topological polar surface area (TPSA) is 64.4 Å². The number of nitrogens with zero attached hydrogens (tertiary/aromatic N) is 2. The van der Waals surface area contributed by atoms with E-state index in [2.05, 4.69) is 5.10 Å². The van der Waals surface area contributed by atoms with Crippen LogP contribution >= 0.6 is 11.6 Å². The predicted molar refractivity (Wildman–Crippen MR) is 80.4 cm³/mol. The molecule has 0 saturated carbocycles. The molecule has 6 heteroatoms. The zero-order valence-corrected chi connectivity index (χ0v) is 13.1. The van der Waals surface area contributed by atoms with Gasteiger partial charge in [0.2, 0.25) is 5.88 Å². The standard InChI is InChI=1S/C15H17ClN2O3/c1-15(2,3)12-11(14(19)20)13(18(4)17-12)21-10-7-5-6-9(16)8-10/h5-8H,1-4H3,(H,19,20). The highest BCUT2D eigenvalue weighted by Crippen LogP contribution is 2.34. The Kier molecular flexibility index (Phi) is 3.96. The minimum absolute atomic E-state index is 0.0741. The maximum Gasteiger partial charge on any atom is 0.343 e. The Morgan fingerprint density at radius 2 is 2.05 bits per heavy atom. The van der Waals surface area contributed by atoms with Crippen LogP contribution in [0.4, 0.5) is 0 Å². The van der Waals surface area contributed by atoms with Crippen molar-refractivity contribution >= 4 is 17.6 Å². The van der Waals surface area contributed by atoms with Crippen molar-refractivity contribution in [3.05, 3.63) is 40.5 Å². The first-order valence-corrected chi connectivity index (χ1v) is 6.82. The molecule has 0 unspecified atom stereocenters. The normalized spacial score (nSPS) is 11.5. The first-order valence-electron chi connectivity index (χ1n) is 6.44. The highest BCUT2D eigenvalue weighted by molar-refractivity contribution is 6.30. The number of ether oxygens (including phenoxy) is 1. The maximum absolute atomic E-state index is 11.6. The molecule has 21 heavy (non-hydrogen) atoms. The van der Waals surface area contributed by atoms with Crippen LogP contribution in [0, 0.1) is 0 Å². The Bertz CT molecular complexity index is 687. The molecule has 2 rings (SSSR count). The van der Waals surface area contributed by atoms with Gasteiger partial charge in [-0.1, -0.05) is 38.4 Å². The monoisotopic (exact) mass is 308 g/mol. The fraction of sp³-hybridized carbons (Fsp3) is 0.333. The quantitative estimate of drug-likeness (QED) is 0.935. The summed E-state index contributed by atoms with van der Waals surface area (Å²) in [5.74, 6) is -0.409. The minimum Gasteiger partial charge on any atom is -0.477 e. The Balaban J connectivity index is 2.53. The largest absolute Gasteiger partial charge is 0.477 e. The van der Waals surface area contributed by atoms with Gasteiger partial charge in [-0.2, -0.15) is 5.10 Å². The Morgan fingerprint density at radius 1 is 1.38 bits per heavy atom. The molecule has 0 saturated heterocycles. The van der Waals surface area contributed by atoms with Crippen LogP contribution < -0.4 is 4.74 Å². The molecule has 1 aromatic heterocycles. The smallest absolute Gasteiger partial charge is 0.343 e. The number of carboxylic acids is 1. The number of aromatic nitrogens is 2. The van der Waals surface area contributed by atoms with Crippen LogP contribution in [0.5, 0.6) is 11.6 Å². The molecule has 1 aromatic carbocycles. The first kappa shape index (κ1) is 15.4. The van der Waals surface area contributed by atoms with E-state index in [4.69, 9.17) is 16.3 Å². The van der Waals surface area contributed by atoms with E-state index < -0.39 is 11.4 Å². The summed E-state index contributed by atoms with van der Waals surface area (Å²) < 4.78 is 7.13. The van der Waals surface area contributed by atoms with Crippen LogP contribution in [0.3, 0.4) is 0 Å². The van der Waals surface area contributed by atoms with Gasteiger partial charge >= 0.3 is 5.97 Å². The Hall–Kier alpha value is -2.01. The molecule has 0 spiro atoms. The van der Waals surface area contributed by atoms with Crippen molar-refractivity contribution in [1.29, 1.82) is 0 Å². The van der Waals surface area contributed by atoms with Crippen LogP contribution in [0.1, 0.15) is 36.8 Å². The molecule has 0 atom stereocenters. The van der Waals surface area contributed by atoms with E-state index in [0.29, 0.717) is 16.5 Å². The third-order valence-electron chi connectivity index (χ3n) is 2.93. The number of hydrogen-bond acceptors (Lipinski definition) is 3. The summed E-state index contributed by atoms with van der Waals surface area (Å²) in [6, 6.07) is 6.79. The molecule has 0 fully saturated rings. The zero-order valence-electron chi connectivity index (χ0n) is 12.3. The summed E-state index contributed by atoms with van der Waals surface area (Å²) in [6.45, 7) is 5.72. The molecule has 0 aliphatic heterocycles. The number of carboxylic acid groups (broad SMARTS) is 1. The summed E-state index contributed by atoms with van der Waals surface area (Å²) in [5, 5.41) is 14.3. The average Bonchev–Trinajstić information content (AvgIpc) is 2.67. The van der Waals surface area contributed by atoms with Crippen molar-refractivity contribution in [3.8, 4) is 11.6 Å². The third-order valence-corrected chi connectivity index (χ3v) is 3.16. The summed E-state index contributed by atoms with van der Waals surface area (Å²) in [6.07, 6.45) is 0. The van der Waals surface area contributed by atoms with Crippen LogP contribution in [0.25, 0.3) is 0 Å². The van der Waals surface area contributed by atoms with E-state index in [1.165, 1.54) is 4.68 Å². The first-order chi connectivity index (χ1) is 9.70. The second-order valence-electron chi connectivity index (χ2n) is 5.77. The lowest BCUT2D eigenvalue weighted by Crippen LogP contribution is -2.16. The number of carbonyl (C=O) groups is 1. The van der Waals surface area contributed by atoms with Crippen LogP contribution in [0.2, 0.25) is 5.02 Å². The molecule has 0 radical (unpaired) electrons. The van der Waals surface area contributed by atoms with Gasteiger partial charge in [-0.25, -0.2) is 9.48 Å². The minimum atomic E-state index is -1.06. The van der Waals surface area contributed by atoms with Crippen LogP contribution in [-0.2, 0) is 12.5 Å². The van der Waals surface area contributed by atoms with Gasteiger partial charge in [0.15, 0.2) is 0 Å². The highest BCUT2D eigenvalue weighted by Gasteiger charge is 2.31. The fourth-order valence-corrected chi connectivity index (χ4v) is 2.17. The van der Waals surface area contributed by atoms with E-state index in [1.54, 1.807) is 31.3 Å². The van der Waals surface area contributed by atoms with E-state index in [1.807, 2.05) is 20.8 Å². The van der Waals surface area contributed by atoms with Crippen molar-refractivity contribution in [1.82, 2.24) is 9.78 Å². The zero-order chi connectivity index (χ0) is 15.8. The Morgan fingerprint density at radius 3 is 2.57 bits per heavy atom. The number of benzene rings is 1. The second-order valence-corrected chi connectivity index (χ2v) is 6.20. The molecular weight excluding hydrogens is 292 g/mol. The average molecular weight is 309 g/mol. The fourth-order valence-electron chi connectivity index (χ4n) is 1.99. The molecule has 2 aromatic rings. The lowest BCUT2D eigenvalue weighted by Gasteiger charge is -2.15. The molecule has 0 aliphatic carbocycles. The van der Waals surface area contributed by atoms with Gasteiger partial charge in [-0.05, 0) is 18.2 Å². The van der Waals surface area contributed by atoms with Crippen LogP contribution in [0.15, 0.2) is 24.3 Å². The van der Waals surface area contributed by atoms with Crippen LogP contribution in [-0.4, -0.2) is 20.9 Å². The summed E-state index contributed by atoms with van der Waals surface area (Å²) in [7, 11) is 1.65. The summed E-state index contributed by atoms with van der Waals surface area (Å²) in [4.78, 5) is 11.6. The lowest BCUT2D eigenvalue weighted by atomic mass is 9.89. The summed E-state index contributed by atoms with van der Waals surface area (Å²) >= 11 is 5.91. The van der Waals surface area contributed by atoms with Gasteiger partial charge in [0.1, 0.15) is 11.3 Å². The van der Waals surface area contributed by atoms with E-state index in [-0.39, 0.29) is 11.4 Å². The summed E-state index contributed by atoms with van der Waals surface area (Å²) in [5.41, 5.74) is 0.154. The molecular formula is C15H17ClN2O3. The molecule has 112 valence electrons. The van der Waals surface area contributed by atoms with Gasteiger partial charge in [0, 0.05) is 17.5 Å². The molecule has 0 bridgehead atoms. The van der Waals surface area contributed by atoms with E-state index >= 15 is 0 Å². The maximum atomic E-state index is 11.6. The van der Waals surface area contributed by atoms with Crippen molar-refractivity contribution in [2.24, 2.45) is 7.05 Å². The SMILES string of the molecule is Cn1nc(C(C)(C)C)c(C(=O)O)c1Oc1cccc(Cl)c1. The number of rotatable bonds is 3. The van der Waals surface area contributed by atoms with Gasteiger partial charge in [0.25, 0.3) is 0 Å². The van der Waals surface area contributed by atoms with Crippen molar-refractivity contribution in [2.75, 3.05) is 0 Å². The van der Waals surface area contributed by atoms with Gasteiger partial charge in [0.05, 0.1) is 5.69 Å². The molecule has 1 heterocycles. The van der Waals surface area contributed by atoms with Crippen molar-refractivity contribution < 1.29 is 14.6 Å². The number of aryl methyl sites for hydroxylation is 1.